The molecule has 0 aromatic heterocycles. The van der Waals surface area contributed by atoms with Crippen molar-refractivity contribution in [2.24, 2.45) is 0 Å². The van der Waals surface area contributed by atoms with E-state index in [0.717, 1.165) is 12.8 Å². The molecule has 0 saturated carbocycles. The minimum Gasteiger partial charge on any atom is -0.340 e. The van der Waals surface area contributed by atoms with Gasteiger partial charge in [0.1, 0.15) is 0 Å². The molecule has 1 aromatic rings. The van der Waals surface area contributed by atoms with E-state index in [1.807, 2.05) is 12.1 Å². The van der Waals surface area contributed by atoms with Crippen LogP contribution >= 0.6 is 0 Å². The van der Waals surface area contributed by atoms with E-state index in [1.165, 1.54) is 5.56 Å². The van der Waals surface area contributed by atoms with E-state index in [2.05, 4.69) is 11.8 Å². The fourth-order valence-corrected chi connectivity index (χ4v) is 1.01. The lowest BCUT2D eigenvalue weighted by Gasteiger charge is -1.98. The van der Waals surface area contributed by atoms with Crippen molar-refractivity contribution in [3.63, 3.8) is 0 Å². The number of hydrogen-bond acceptors (Lipinski definition) is 2. The van der Waals surface area contributed by atoms with Crippen LogP contribution in [0, 0.1) is 0 Å². The molecule has 1 aromatic carbocycles. The van der Waals surface area contributed by atoms with Crippen molar-refractivity contribution >= 4 is 0 Å². The molecule has 0 spiro atoms. The first-order valence-corrected chi connectivity index (χ1v) is 3.77. The van der Waals surface area contributed by atoms with Crippen molar-refractivity contribution in [1.29, 1.82) is 0 Å². The highest BCUT2D eigenvalue weighted by atomic mass is 17.1. The molecule has 0 atom stereocenters. The van der Waals surface area contributed by atoms with E-state index in [4.69, 9.17) is 5.26 Å². The second-order valence-corrected chi connectivity index (χ2v) is 2.49. The minimum atomic E-state index is 0.491. The zero-order valence-corrected chi connectivity index (χ0v) is 6.58. The summed E-state index contributed by atoms with van der Waals surface area (Å²) in [6, 6.07) is 7.42. The Kier molecular flexibility index (Phi) is 2.93. The molecule has 1 rings (SSSR count). The summed E-state index contributed by atoms with van der Waals surface area (Å²) in [5, 5.41) is 8.26. The van der Waals surface area contributed by atoms with Gasteiger partial charge in [-0.1, -0.05) is 25.5 Å². The van der Waals surface area contributed by atoms with Crippen molar-refractivity contribution in [3.8, 4) is 5.75 Å². The third-order valence-electron chi connectivity index (χ3n) is 1.57. The molecular formula is C9H12O2. The van der Waals surface area contributed by atoms with Crippen molar-refractivity contribution in [1.82, 2.24) is 0 Å². The standard InChI is InChI=1S/C9H12O2/c1-2-3-8-4-6-9(11-10)7-5-8/h4-7,10H,2-3H2,1H3. The lowest BCUT2D eigenvalue weighted by atomic mass is 10.1. The van der Waals surface area contributed by atoms with E-state index in [0.29, 0.717) is 5.75 Å². The topological polar surface area (TPSA) is 29.5 Å². The van der Waals surface area contributed by atoms with E-state index in [9.17, 15) is 0 Å². The average Bonchev–Trinajstić information content (AvgIpc) is 2.07. The largest absolute Gasteiger partial charge is 0.340 e. The van der Waals surface area contributed by atoms with E-state index in [1.54, 1.807) is 12.1 Å². The number of rotatable bonds is 3. The monoisotopic (exact) mass is 152 g/mol. The van der Waals surface area contributed by atoms with E-state index in [-0.39, 0.29) is 0 Å². The summed E-state index contributed by atoms with van der Waals surface area (Å²) in [6.45, 7) is 2.14. The molecule has 0 heterocycles. The predicted octanol–water partition coefficient (Wildman–Crippen LogP) is 2.49. The average molecular weight is 152 g/mol. The third-order valence-corrected chi connectivity index (χ3v) is 1.57. The van der Waals surface area contributed by atoms with Crippen LogP contribution in [-0.4, -0.2) is 5.26 Å². The van der Waals surface area contributed by atoms with Gasteiger partial charge in [-0.25, -0.2) is 5.26 Å². The van der Waals surface area contributed by atoms with Crippen LogP contribution in [0.5, 0.6) is 5.75 Å². The summed E-state index contributed by atoms with van der Waals surface area (Å²) in [4.78, 5) is 4.05. The fraction of sp³-hybridized carbons (Fsp3) is 0.333. The first-order valence-electron chi connectivity index (χ1n) is 3.77. The molecule has 0 radical (unpaired) electrons. The molecule has 0 aliphatic heterocycles. The SMILES string of the molecule is CCCc1ccc(OO)cc1. The van der Waals surface area contributed by atoms with Crippen LogP contribution in [0.1, 0.15) is 18.9 Å². The summed E-state index contributed by atoms with van der Waals surface area (Å²) in [6.07, 6.45) is 2.21. The van der Waals surface area contributed by atoms with Gasteiger partial charge in [0.15, 0.2) is 5.75 Å². The van der Waals surface area contributed by atoms with Crippen molar-refractivity contribution in [3.05, 3.63) is 29.8 Å². The van der Waals surface area contributed by atoms with Gasteiger partial charge in [-0.3, -0.25) is 0 Å². The van der Waals surface area contributed by atoms with Gasteiger partial charge < -0.3 is 4.89 Å². The Hall–Kier alpha value is -1.02. The molecule has 0 saturated heterocycles. The molecule has 0 amide bonds. The van der Waals surface area contributed by atoms with Gasteiger partial charge in [-0.15, -0.1) is 0 Å². The predicted molar refractivity (Wildman–Crippen MR) is 43.7 cm³/mol. The molecule has 2 heteroatoms. The molecule has 0 unspecified atom stereocenters. The second kappa shape index (κ2) is 3.98. The lowest BCUT2D eigenvalue weighted by molar-refractivity contribution is -0.137. The molecular weight excluding hydrogens is 140 g/mol. The van der Waals surface area contributed by atoms with Gasteiger partial charge in [0, 0.05) is 0 Å². The van der Waals surface area contributed by atoms with Crippen molar-refractivity contribution in [2.45, 2.75) is 19.8 Å². The highest BCUT2D eigenvalue weighted by Gasteiger charge is 1.92. The fourth-order valence-electron chi connectivity index (χ4n) is 1.01. The molecule has 0 fully saturated rings. The molecule has 60 valence electrons. The molecule has 1 N–H and O–H groups in total. The van der Waals surface area contributed by atoms with Crippen LogP contribution in [0.3, 0.4) is 0 Å². The Morgan fingerprint density at radius 2 is 1.91 bits per heavy atom. The van der Waals surface area contributed by atoms with Crippen LogP contribution in [-0.2, 0) is 6.42 Å². The Morgan fingerprint density at radius 1 is 1.27 bits per heavy atom. The number of benzene rings is 1. The van der Waals surface area contributed by atoms with E-state index < -0.39 is 0 Å². The smallest absolute Gasteiger partial charge is 0.165 e. The maximum absolute atomic E-state index is 8.26. The molecule has 0 aliphatic rings. The van der Waals surface area contributed by atoms with Crippen LogP contribution in [0.15, 0.2) is 24.3 Å². The van der Waals surface area contributed by atoms with Crippen molar-refractivity contribution in [2.75, 3.05) is 0 Å². The van der Waals surface area contributed by atoms with Crippen LogP contribution in [0.4, 0.5) is 0 Å². The molecule has 0 aliphatic carbocycles. The highest BCUT2D eigenvalue weighted by molar-refractivity contribution is 5.26. The van der Waals surface area contributed by atoms with Gasteiger partial charge in [0.05, 0.1) is 0 Å². The summed E-state index contributed by atoms with van der Waals surface area (Å²) in [7, 11) is 0. The first-order chi connectivity index (χ1) is 5.36. The normalized spacial score (nSPS) is 9.64. The molecule has 11 heavy (non-hydrogen) atoms. The zero-order valence-electron chi connectivity index (χ0n) is 6.58. The Balaban J connectivity index is 2.66. The van der Waals surface area contributed by atoms with Gasteiger partial charge >= 0.3 is 0 Å². The van der Waals surface area contributed by atoms with E-state index >= 15 is 0 Å². The third kappa shape index (κ3) is 2.24. The van der Waals surface area contributed by atoms with Gasteiger partial charge in [0.25, 0.3) is 0 Å². The Bertz CT molecular complexity index is 203. The Labute approximate surface area is 66.4 Å². The van der Waals surface area contributed by atoms with Crippen LogP contribution in [0.2, 0.25) is 0 Å². The minimum absolute atomic E-state index is 0.491. The molecule has 2 nitrogen and oxygen atoms in total. The van der Waals surface area contributed by atoms with Gasteiger partial charge in [-0.05, 0) is 24.1 Å². The maximum Gasteiger partial charge on any atom is 0.165 e. The summed E-state index contributed by atoms with van der Waals surface area (Å²) in [5.41, 5.74) is 1.27. The van der Waals surface area contributed by atoms with Crippen molar-refractivity contribution < 1.29 is 10.1 Å². The van der Waals surface area contributed by atoms with Crippen LogP contribution in [0.25, 0.3) is 0 Å². The quantitative estimate of drug-likeness (QED) is 0.532. The second-order valence-electron chi connectivity index (χ2n) is 2.49. The lowest BCUT2D eigenvalue weighted by Crippen LogP contribution is -1.85. The summed E-state index contributed by atoms with van der Waals surface area (Å²) < 4.78 is 0. The Morgan fingerprint density at radius 3 is 2.36 bits per heavy atom. The summed E-state index contributed by atoms with van der Waals surface area (Å²) >= 11 is 0. The number of aryl methyl sites for hydroxylation is 1. The maximum atomic E-state index is 8.26. The van der Waals surface area contributed by atoms with Gasteiger partial charge in [-0.2, -0.15) is 0 Å². The summed E-state index contributed by atoms with van der Waals surface area (Å²) in [5.74, 6) is 0.491. The number of hydrogen-bond donors (Lipinski definition) is 1. The van der Waals surface area contributed by atoms with Crippen LogP contribution < -0.4 is 4.89 Å². The highest BCUT2D eigenvalue weighted by Crippen LogP contribution is 2.11. The first kappa shape index (κ1) is 8.08. The zero-order chi connectivity index (χ0) is 8.10. The van der Waals surface area contributed by atoms with Gasteiger partial charge in [0.2, 0.25) is 0 Å². The molecule has 0 bridgehead atoms.